The second kappa shape index (κ2) is 12.6. The Balaban J connectivity index is 0.00000338. The summed E-state index contributed by atoms with van der Waals surface area (Å²) in [5, 5.41) is 6.95. The number of aliphatic imine (C=N–C) groups is 1. The maximum atomic E-state index is 12.5. The molecule has 0 atom stereocenters. The molecule has 2 saturated heterocycles. The number of halogens is 3. The fourth-order valence-corrected chi connectivity index (χ4v) is 4.75. The summed E-state index contributed by atoms with van der Waals surface area (Å²) in [4.78, 5) is 6.19. The Labute approximate surface area is 177 Å². The summed E-state index contributed by atoms with van der Waals surface area (Å²) in [6.45, 7) is 6.03. The SMILES string of the molecule is CCSC1(CNC(=NC)NC2CCN(CC(F)F)CC2)CCOCC1.I. The Morgan fingerprint density at radius 1 is 1.31 bits per heavy atom. The highest BCUT2D eigenvalue weighted by Gasteiger charge is 2.33. The van der Waals surface area contributed by atoms with Crippen LogP contribution in [0.3, 0.4) is 0 Å². The number of ether oxygens (including phenoxy) is 1. The van der Waals surface area contributed by atoms with Crippen molar-refractivity contribution in [1.82, 2.24) is 15.5 Å². The molecule has 0 aliphatic carbocycles. The highest BCUT2D eigenvalue weighted by molar-refractivity contribution is 14.0. The molecule has 0 aromatic carbocycles. The first-order valence-electron chi connectivity index (χ1n) is 9.26. The molecule has 0 aromatic rings. The van der Waals surface area contributed by atoms with Crippen LogP contribution in [0.4, 0.5) is 8.78 Å². The van der Waals surface area contributed by atoms with Crippen molar-refractivity contribution in [2.24, 2.45) is 4.99 Å². The molecule has 154 valence electrons. The van der Waals surface area contributed by atoms with Crippen LogP contribution in [-0.4, -0.2) is 80.3 Å². The molecule has 0 saturated carbocycles. The number of rotatable bonds is 7. The number of likely N-dealkylation sites (tertiary alicyclic amines) is 1. The number of hydrogen-bond acceptors (Lipinski definition) is 4. The van der Waals surface area contributed by atoms with E-state index in [0.717, 1.165) is 57.2 Å². The van der Waals surface area contributed by atoms with Gasteiger partial charge in [-0.1, -0.05) is 6.92 Å². The van der Waals surface area contributed by atoms with Crippen molar-refractivity contribution in [2.75, 3.05) is 52.2 Å². The zero-order valence-corrected chi connectivity index (χ0v) is 19.0. The van der Waals surface area contributed by atoms with Crippen LogP contribution in [0, 0.1) is 0 Å². The van der Waals surface area contributed by atoms with E-state index in [9.17, 15) is 8.78 Å². The lowest BCUT2D eigenvalue weighted by Crippen LogP contribution is -2.52. The molecule has 9 heteroatoms. The third kappa shape index (κ3) is 8.02. The number of nitrogens with zero attached hydrogens (tertiary/aromatic N) is 2. The summed E-state index contributed by atoms with van der Waals surface area (Å²) in [5.41, 5.74) is 0. The quantitative estimate of drug-likeness (QED) is 0.316. The summed E-state index contributed by atoms with van der Waals surface area (Å²) in [5.74, 6) is 1.91. The molecule has 0 aromatic heterocycles. The van der Waals surface area contributed by atoms with Gasteiger partial charge in [-0.15, -0.1) is 24.0 Å². The summed E-state index contributed by atoms with van der Waals surface area (Å²) >= 11 is 2.00. The average molecular weight is 506 g/mol. The van der Waals surface area contributed by atoms with E-state index in [0.29, 0.717) is 19.1 Å². The zero-order chi connectivity index (χ0) is 18.1. The van der Waals surface area contributed by atoms with Gasteiger partial charge in [0.1, 0.15) is 0 Å². The highest BCUT2D eigenvalue weighted by atomic mass is 127. The molecule has 0 spiro atoms. The average Bonchev–Trinajstić information content (AvgIpc) is 2.61. The minimum Gasteiger partial charge on any atom is -0.381 e. The molecule has 0 amide bonds. The minimum atomic E-state index is -2.24. The van der Waals surface area contributed by atoms with Gasteiger partial charge in [-0.05, 0) is 31.4 Å². The van der Waals surface area contributed by atoms with Crippen molar-refractivity contribution in [2.45, 2.75) is 49.8 Å². The lowest BCUT2D eigenvalue weighted by Gasteiger charge is -2.37. The topological polar surface area (TPSA) is 48.9 Å². The first-order chi connectivity index (χ1) is 12.1. The Hall–Kier alpha value is 0.130. The van der Waals surface area contributed by atoms with Crippen LogP contribution < -0.4 is 10.6 Å². The van der Waals surface area contributed by atoms with Crippen LogP contribution in [0.2, 0.25) is 0 Å². The lowest BCUT2D eigenvalue weighted by molar-refractivity contribution is 0.0743. The second-order valence-electron chi connectivity index (χ2n) is 6.76. The highest BCUT2D eigenvalue weighted by Crippen LogP contribution is 2.34. The molecule has 0 bridgehead atoms. The van der Waals surface area contributed by atoms with E-state index in [4.69, 9.17) is 4.74 Å². The van der Waals surface area contributed by atoms with Crippen LogP contribution >= 0.6 is 35.7 Å². The number of piperidine rings is 1. The fraction of sp³-hybridized carbons (Fsp3) is 0.941. The van der Waals surface area contributed by atoms with E-state index in [-0.39, 0.29) is 35.3 Å². The van der Waals surface area contributed by atoms with Gasteiger partial charge in [0.15, 0.2) is 5.96 Å². The molecule has 2 fully saturated rings. The molecular formula is C17H33F2IN4OS. The van der Waals surface area contributed by atoms with Crippen molar-refractivity contribution >= 4 is 41.7 Å². The zero-order valence-electron chi connectivity index (χ0n) is 15.8. The third-order valence-corrected chi connectivity index (χ3v) is 6.43. The first-order valence-corrected chi connectivity index (χ1v) is 10.2. The minimum absolute atomic E-state index is 0. The fourth-order valence-electron chi connectivity index (χ4n) is 3.51. The Morgan fingerprint density at radius 3 is 2.50 bits per heavy atom. The van der Waals surface area contributed by atoms with E-state index >= 15 is 0 Å². The van der Waals surface area contributed by atoms with Gasteiger partial charge in [0, 0.05) is 50.7 Å². The molecule has 2 aliphatic rings. The number of thioether (sulfide) groups is 1. The van der Waals surface area contributed by atoms with Gasteiger partial charge < -0.3 is 15.4 Å². The van der Waals surface area contributed by atoms with Gasteiger partial charge in [-0.2, -0.15) is 11.8 Å². The van der Waals surface area contributed by atoms with Crippen molar-refractivity contribution in [3.05, 3.63) is 0 Å². The summed E-state index contributed by atoms with van der Waals surface area (Å²) in [6, 6.07) is 0.296. The number of nitrogens with one attached hydrogen (secondary N) is 2. The largest absolute Gasteiger partial charge is 0.381 e. The summed E-state index contributed by atoms with van der Waals surface area (Å²) in [7, 11) is 1.78. The van der Waals surface area contributed by atoms with Gasteiger partial charge >= 0.3 is 0 Å². The maximum Gasteiger partial charge on any atom is 0.251 e. The second-order valence-corrected chi connectivity index (χ2v) is 8.50. The Morgan fingerprint density at radius 2 is 1.96 bits per heavy atom. The summed E-state index contributed by atoms with van der Waals surface area (Å²) in [6.07, 6.45) is 1.61. The van der Waals surface area contributed by atoms with E-state index in [1.54, 1.807) is 7.05 Å². The van der Waals surface area contributed by atoms with Gasteiger partial charge in [0.25, 0.3) is 6.43 Å². The van der Waals surface area contributed by atoms with E-state index < -0.39 is 6.43 Å². The normalized spacial score (nSPS) is 22.1. The smallest absolute Gasteiger partial charge is 0.251 e. The predicted octanol–water partition coefficient (Wildman–Crippen LogP) is 2.80. The molecular weight excluding hydrogens is 473 g/mol. The molecule has 2 heterocycles. The standard InChI is InChI=1S/C17H32F2N4OS.HI/c1-3-25-17(6-10-24-11-7-17)13-21-16(20-2)22-14-4-8-23(9-5-14)12-15(18)19;/h14-15H,3-13H2,1-2H3,(H2,20,21,22);1H. The third-order valence-electron chi connectivity index (χ3n) is 4.98. The number of guanidine groups is 1. The van der Waals surface area contributed by atoms with Gasteiger partial charge in [0.2, 0.25) is 0 Å². The Kier molecular flexibility index (Phi) is 11.7. The van der Waals surface area contributed by atoms with Crippen LogP contribution in [0.5, 0.6) is 0 Å². The van der Waals surface area contributed by atoms with Gasteiger partial charge in [-0.25, -0.2) is 8.78 Å². The van der Waals surface area contributed by atoms with Crippen molar-refractivity contribution in [3.8, 4) is 0 Å². The van der Waals surface area contributed by atoms with Crippen molar-refractivity contribution in [1.29, 1.82) is 0 Å². The van der Waals surface area contributed by atoms with E-state index in [1.807, 2.05) is 16.7 Å². The molecule has 2 rings (SSSR count). The molecule has 5 nitrogen and oxygen atoms in total. The molecule has 26 heavy (non-hydrogen) atoms. The number of alkyl halides is 2. The van der Waals surface area contributed by atoms with E-state index in [2.05, 4.69) is 22.5 Å². The summed E-state index contributed by atoms with van der Waals surface area (Å²) < 4.78 is 30.7. The van der Waals surface area contributed by atoms with Crippen LogP contribution in [-0.2, 0) is 4.74 Å². The van der Waals surface area contributed by atoms with Crippen LogP contribution in [0.1, 0.15) is 32.6 Å². The molecule has 2 N–H and O–H groups in total. The monoisotopic (exact) mass is 506 g/mol. The van der Waals surface area contributed by atoms with Crippen LogP contribution in [0.25, 0.3) is 0 Å². The van der Waals surface area contributed by atoms with E-state index in [1.165, 1.54) is 0 Å². The van der Waals surface area contributed by atoms with Crippen molar-refractivity contribution in [3.63, 3.8) is 0 Å². The molecule has 0 unspecified atom stereocenters. The number of hydrogen-bond donors (Lipinski definition) is 2. The van der Waals surface area contributed by atoms with Gasteiger partial charge in [-0.3, -0.25) is 9.89 Å². The lowest BCUT2D eigenvalue weighted by atomic mass is 9.99. The van der Waals surface area contributed by atoms with Crippen molar-refractivity contribution < 1.29 is 13.5 Å². The first kappa shape index (κ1) is 24.2. The molecule has 2 aliphatic heterocycles. The maximum absolute atomic E-state index is 12.5. The predicted molar refractivity (Wildman–Crippen MR) is 116 cm³/mol. The van der Waals surface area contributed by atoms with Crippen LogP contribution in [0.15, 0.2) is 4.99 Å². The van der Waals surface area contributed by atoms with Gasteiger partial charge in [0.05, 0.1) is 6.54 Å². The Bertz CT molecular complexity index is 412. The molecule has 0 radical (unpaired) electrons.